The summed E-state index contributed by atoms with van der Waals surface area (Å²) in [4.78, 5) is 1.34. The fraction of sp³-hybridized carbons (Fsp3) is 0.636. The van der Waals surface area contributed by atoms with E-state index in [4.69, 9.17) is 13.6 Å². The molecule has 5 heteroatoms. The predicted octanol–water partition coefficient (Wildman–Crippen LogP) is 4.00. The van der Waals surface area contributed by atoms with Gasteiger partial charge in [0.15, 0.2) is 0 Å². The average Bonchev–Trinajstić information content (AvgIpc) is 2.79. The lowest BCUT2D eigenvalue weighted by Crippen LogP contribution is -1.99. The van der Waals surface area contributed by atoms with Crippen molar-refractivity contribution in [3.8, 4) is 0 Å². The van der Waals surface area contributed by atoms with Crippen molar-refractivity contribution in [3.05, 3.63) is 22.4 Å². The lowest BCUT2D eigenvalue weighted by atomic mass is 10.4. The largest absolute Gasteiger partial charge is 0.332 e. The van der Waals surface area contributed by atoms with Gasteiger partial charge in [-0.05, 0) is 24.8 Å². The summed E-state index contributed by atoms with van der Waals surface area (Å²) in [7, 11) is -1.14. The highest BCUT2D eigenvalue weighted by molar-refractivity contribution is 7.41. The molecule has 0 aliphatic heterocycles. The monoisotopic (exact) mass is 262 g/mol. The van der Waals surface area contributed by atoms with Gasteiger partial charge in [0.05, 0.1) is 19.8 Å². The van der Waals surface area contributed by atoms with E-state index in [0.717, 1.165) is 12.8 Å². The van der Waals surface area contributed by atoms with Crippen molar-refractivity contribution in [1.29, 1.82) is 0 Å². The molecular formula is C11H19O3PS. The minimum absolute atomic E-state index is 0.633. The van der Waals surface area contributed by atoms with E-state index in [1.54, 1.807) is 11.3 Å². The van der Waals surface area contributed by atoms with Gasteiger partial charge >= 0.3 is 8.60 Å². The molecule has 1 heterocycles. The lowest BCUT2D eigenvalue weighted by Gasteiger charge is -2.15. The van der Waals surface area contributed by atoms with Gasteiger partial charge in [0, 0.05) is 11.3 Å². The molecule has 1 rings (SSSR count). The maximum atomic E-state index is 5.58. The zero-order valence-electron chi connectivity index (χ0n) is 9.85. The van der Waals surface area contributed by atoms with Crippen LogP contribution in [0, 0.1) is 0 Å². The maximum Gasteiger partial charge on any atom is 0.332 e. The van der Waals surface area contributed by atoms with Gasteiger partial charge in [-0.15, -0.1) is 11.3 Å². The molecule has 1 aromatic rings. The van der Waals surface area contributed by atoms with Gasteiger partial charge in [-0.25, -0.2) is 0 Å². The van der Waals surface area contributed by atoms with Gasteiger partial charge in [-0.2, -0.15) is 0 Å². The maximum absolute atomic E-state index is 5.58. The highest BCUT2D eigenvalue weighted by Gasteiger charge is 2.10. The van der Waals surface area contributed by atoms with Crippen molar-refractivity contribution in [2.75, 3.05) is 19.8 Å². The first-order valence-electron chi connectivity index (χ1n) is 5.58. The zero-order valence-corrected chi connectivity index (χ0v) is 11.6. The third-order valence-electron chi connectivity index (χ3n) is 1.76. The number of hydrogen-bond acceptors (Lipinski definition) is 4. The normalized spacial score (nSPS) is 12.9. The summed E-state index contributed by atoms with van der Waals surface area (Å²) in [5.74, 6) is 0. The SMILES string of the molecule is CCCOP(OCC)OCCc1cccs1. The van der Waals surface area contributed by atoms with Crippen molar-refractivity contribution in [3.63, 3.8) is 0 Å². The molecule has 3 nitrogen and oxygen atoms in total. The molecule has 0 spiro atoms. The van der Waals surface area contributed by atoms with Crippen LogP contribution in [0.3, 0.4) is 0 Å². The van der Waals surface area contributed by atoms with E-state index >= 15 is 0 Å². The Hall–Kier alpha value is 0.0100. The lowest BCUT2D eigenvalue weighted by molar-refractivity contribution is 0.166. The molecular weight excluding hydrogens is 243 g/mol. The van der Waals surface area contributed by atoms with E-state index in [-0.39, 0.29) is 0 Å². The van der Waals surface area contributed by atoms with Crippen LogP contribution in [-0.4, -0.2) is 19.8 Å². The van der Waals surface area contributed by atoms with E-state index in [9.17, 15) is 0 Å². The van der Waals surface area contributed by atoms with Gasteiger partial charge in [0.1, 0.15) is 0 Å². The van der Waals surface area contributed by atoms with Crippen LogP contribution < -0.4 is 0 Å². The fourth-order valence-corrected chi connectivity index (χ4v) is 2.76. The van der Waals surface area contributed by atoms with Crippen LogP contribution >= 0.6 is 19.9 Å². The third kappa shape index (κ3) is 5.92. The Labute approximate surface area is 103 Å². The molecule has 0 aromatic carbocycles. The van der Waals surface area contributed by atoms with Gasteiger partial charge in [-0.1, -0.05) is 13.0 Å². The van der Waals surface area contributed by atoms with E-state index in [0.29, 0.717) is 19.8 Å². The Morgan fingerprint density at radius 2 is 2.00 bits per heavy atom. The fourth-order valence-electron chi connectivity index (χ4n) is 1.06. The minimum Gasteiger partial charge on any atom is -0.313 e. The summed E-state index contributed by atoms with van der Waals surface area (Å²) < 4.78 is 16.4. The Morgan fingerprint density at radius 1 is 1.19 bits per heavy atom. The van der Waals surface area contributed by atoms with Crippen LogP contribution in [0.1, 0.15) is 25.1 Å². The Bertz CT molecular complexity index is 254. The van der Waals surface area contributed by atoms with E-state index in [2.05, 4.69) is 24.4 Å². The first-order valence-corrected chi connectivity index (χ1v) is 7.55. The molecule has 1 aromatic heterocycles. The van der Waals surface area contributed by atoms with Crippen molar-refractivity contribution < 1.29 is 13.6 Å². The van der Waals surface area contributed by atoms with E-state index in [1.165, 1.54) is 4.88 Å². The van der Waals surface area contributed by atoms with Gasteiger partial charge in [-0.3, -0.25) is 0 Å². The summed E-state index contributed by atoms with van der Waals surface area (Å²) in [6.07, 6.45) is 1.92. The number of rotatable bonds is 9. The number of thiophene rings is 1. The third-order valence-corrected chi connectivity index (χ3v) is 3.95. The summed E-state index contributed by atoms with van der Waals surface area (Å²) in [5.41, 5.74) is 0. The standard InChI is InChI=1S/C11H19O3PS/c1-3-8-13-15(12-4-2)14-9-7-11-6-5-10-16-11/h5-6,10H,3-4,7-9H2,1-2H3. The summed E-state index contributed by atoms with van der Waals surface area (Å²) >= 11 is 1.75. The van der Waals surface area contributed by atoms with Crippen molar-refractivity contribution in [2.45, 2.75) is 26.7 Å². The van der Waals surface area contributed by atoms with Crippen LogP contribution in [0.25, 0.3) is 0 Å². The smallest absolute Gasteiger partial charge is 0.313 e. The second-order valence-corrected chi connectivity index (χ2v) is 5.39. The summed E-state index contributed by atoms with van der Waals surface area (Å²) in [6.45, 7) is 6.02. The Morgan fingerprint density at radius 3 is 2.62 bits per heavy atom. The molecule has 0 aliphatic rings. The van der Waals surface area contributed by atoms with Crippen molar-refractivity contribution in [2.24, 2.45) is 0 Å². The molecule has 16 heavy (non-hydrogen) atoms. The second kappa shape index (κ2) is 9.08. The van der Waals surface area contributed by atoms with Crippen molar-refractivity contribution in [1.82, 2.24) is 0 Å². The van der Waals surface area contributed by atoms with Gasteiger partial charge in [0.2, 0.25) is 0 Å². The molecule has 0 saturated carbocycles. The highest BCUT2D eigenvalue weighted by Crippen LogP contribution is 2.39. The quantitative estimate of drug-likeness (QED) is 0.630. The van der Waals surface area contributed by atoms with Crippen molar-refractivity contribution >= 4 is 19.9 Å². The van der Waals surface area contributed by atoms with Crippen LogP contribution in [-0.2, 0) is 20.0 Å². The van der Waals surface area contributed by atoms with Crippen LogP contribution in [0.15, 0.2) is 17.5 Å². The molecule has 0 saturated heterocycles. The predicted molar refractivity (Wildman–Crippen MR) is 68.8 cm³/mol. The molecule has 1 unspecified atom stereocenters. The molecule has 1 atom stereocenters. The topological polar surface area (TPSA) is 27.7 Å². The Kier molecular flexibility index (Phi) is 7.99. The van der Waals surface area contributed by atoms with Crippen LogP contribution in [0.5, 0.6) is 0 Å². The Balaban J connectivity index is 2.15. The molecule has 0 bridgehead atoms. The van der Waals surface area contributed by atoms with E-state index < -0.39 is 8.60 Å². The van der Waals surface area contributed by atoms with Crippen LogP contribution in [0.4, 0.5) is 0 Å². The molecule has 0 aliphatic carbocycles. The first-order chi connectivity index (χ1) is 7.86. The molecule has 0 N–H and O–H groups in total. The molecule has 0 radical (unpaired) electrons. The number of hydrogen-bond donors (Lipinski definition) is 0. The summed E-state index contributed by atoms with van der Waals surface area (Å²) in [5, 5.41) is 2.08. The average molecular weight is 262 g/mol. The van der Waals surface area contributed by atoms with Gasteiger partial charge < -0.3 is 13.6 Å². The second-order valence-electron chi connectivity index (χ2n) is 3.14. The van der Waals surface area contributed by atoms with Crippen LogP contribution in [0.2, 0.25) is 0 Å². The zero-order chi connectivity index (χ0) is 11.6. The summed E-state index contributed by atoms with van der Waals surface area (Å²) in [6, 6.07) is 4.17. The molecule has 0 fully saturated rings. The van der Waals surface area contributed by atoms with Gasteiger partial charge in [0.25, 0.3) is 0 Å². The molecule has 92 valence electrons. The minimum atomic E-state index is -1.14. The molecule has 0 amide bonds. The first kappa shape index (κ1) is 14.1. The van der Waals surface area contributed by atoms with E-state index in [1.807, 2.05) is 6.92 Å². The highest BCUT2D eigenvalue weighted by atomic mass is 32.1.